The molecule has 118 valence electrons. The van der Waals surface area contributed by atoms with Gasteiger partial charge in [-0.2, -0.15) is 0 Å². The third-order valence-electron chi connectivity index (χ3n) is 3.21. The molecular formula is C15H11FN2O4S. The number of halogens is 1. The summed E-state index contributed by atoms with van der Waals surface area (Å²) in [6.07, 6.45) is 1.36. The Hall–Kier alpha value is -2.74. The highest BCUT2D eigenvalue weighted by Crippen LogP contribution is 2.20. The Kier molecular flexibility index (Phi) is 3.83. The molecule has 3 aromatic rings. The maximum atomic E-state index is 12.8. The largest absolute Gasteiger partial charge is 0.489 e. The number of rotatable bonds is 4. The second-order valence-electron chi connectivity index (χ2n) is 4.76. The fraction of sp³-hybridized carbons (Fsp3) is 0.133. The summed E-state index contributed by atoms with van der Waals surface area (Å²) >= 11 is 1.13. The molecular weight excluding hydrogens is 323 g/mol. The monoisotopic (exact) mass is 334 g/mol. The number of ether oxygens (including phenoxy) is 1. The van der Waals surface area contributed by atoms with E-state index >= 15 is 0 Å². The van der Waals surface area contributed by atoms with E-state index in [4.69, 9.17) is 4.74 Å². The Morgan fingerprint density at radius 1 is 1.39 bits per heavy atom. The van der Waals surface area contributed by atoms with Gasteiger partial charge in [0.1, 0.15) is 23.9 Å². The number of thiazole rings is 1. The number of aromatic carboxylic acids is 1. The minimum Gasteiger partial charge on any atom is -0.489 e. The Bertz CT molecular complexity index is 947. The molecule has 1 aromatic carbocycles. The molecule has 0 unspecified atom stereocenters. The molecule has 2 aromatic heterocycles. The van der Waals surface area contributed by atoms with Crippen LogP contribution in [0.4, 0.5) is 4.39 Å². The van der Waals surface area contributed by atoms with Crippen molar-refractivity contribution in [3.63, 3.8) is 0 Å². The lowest BCUT2D eigenvalue weighted by atomic mass is 10.3. The quantitative estimate of drug-likeness (QED) is 0.793. The summed E-state index contributed by atoms with van der Waals surface area (Å²) in [4.78, 5) is 28.7. The number of nitrogens with zero attached hydrogens (tertiary/aromatic N) is 2. The molecule has 2 heterocycles. The van der Waals surface area contributed by atoms with Gasteiger partial charge in [-0.3, -0.25) is 4.79 Å². The molecule has 0 spiro atoms. The zero-order valence-corrected chi connectivity index (χ0v) is 12.8. The van der Waals surface area contributed by atoms with Crippen molar-refractivity contribution in [2.24, 2.45) is 0 Å². The van der Waals surface area contributed by atoms with E-state index in [1.54, 1.807) is 6.92 Å². The number of aryl methyl sites for hydroxylation is 1. The lowest BCUT2D eigenvalue weighted by Crippen LogP contribution is -2.23. The number of aromatic nitrogens is 2. The molecule has 0 atom stereocenters. The summed E-state index contributed by atoms with van der Waals surface area (Å²) in [6, 6.07) is 5.37. The summed E-state index contributed by atoms with van der Waals surface area (Å²) in [5.74, 6) is -1.18. The smallest absolute Gasteiger partial charge is 0.354 e. The van der Waals surface area contributed by atoms with Crippen molar-refractivity contribution < 1.29 is 19.0 Å². The summed E-state index contributed by atoms with van der Waals surface area (Å²) in [7, 11) is 0. The van der Waals surface area contributed by atoms with Crippen LogP contribution in [0.5, 0.6) is 5.75 Å². The zero-order valence-electron chi connectivity index (χ0n) is 11.9. The first kappa shape index (κ1) is 15.2. The van der Waals surface area contributed by atoms with E-state index in [-0.39, 0.29) is 23.7 Å². The molecule has 23 heavy (non-hydrogen) atoms. The van der Waals surface area contributed by atoms with Gasteiger partial charge in [0.2, 0.25) is 0 Å². The van der Waals surface area contributed by atoms with E-state index in [2.05, 4.69) is 4.98 Å². The zero-order chi connectivity index (χ0) is 16.6. The third-order valence-corrected chi connectivity index (χ3v) is 4.18. The second-order valence-corrected chi connectivity index (χ2v) is 5.94. The number of carboxylic acid groups (broad SMARTS) is 1. The van der Waals surface area contributed by atoms with Gasteiger partial charge in [-0.25, -0.2) is 18.6 Å². The summed E-state index contributed by atoms with van der Waals surface area (Å²) in [5.41, 5.74) is -0.364. The van der Waals surface area contributed by atoms with Crippen molar-refractivity contribution in [2.75, 3.05) is 0 Å². The molecule has 0 saturated carbocycles. The molecule has 8 heteroatoms. The summed E-state index contributed by atoms with van der Waals surface area (Å²) in [5, 5.41) is 9.25. The molecule has 0 aliphatic rings. The van der Waals surface area contributed by atoms with Gasteiger partial charge in [0.25, 0.3) is 5.56 Å². The highest BCUT2D eigenvalue weighted by atomic mass is 32.1. The van der Waals surface area contributed by atoms with Gasteiger partial charge in [-0.05, 0) is 31.2 Å². The second kappa shape index (κ2) is 5.81. The van der Waals surface area contributed by atoms with Crippen molar-refractivity contribution in [3.8, 4) is 5.75 Å². The van der Waals surface area contributed by atoms with Crippen LogP contribution in [0.1, 0.15) is 20.9 Å². The first-order valence-electron chi connectivity index (χ1n) is 6.59. The van der Waals surface area contributed by atoms with Crippen molar-refractivity contribution in [1.29, 1.82) is 0 Å². The Morgan fingerprint density at radius 3 is 2.74 bits per heavy atom. The molecule has 0 aliphatic heterocycles. The summed E-state index contributed by atoms with van der Waals surface area (Å²) < 4.78 is 19.3. The number of hydrogen-bond donors (Lipinski definition) is 1. The van der Waals surface area contributed by atoms with E-state index in [0.717, 1.165) is 15.7 Å². The van der Waals surface area contributed by atoms with Gasteiger partial charge in [-0.15, -0.1) is 11.3 Å². The van der Waals surface area contributed by atoms with Crippen molar-refractivity contribution in [3.05, 3.63) is 62.8 Å². The van der Waals surface area contributed by atoms with Gasteiger partial charge in [-0.1, -0.05) is 0 Å². The Labute approximate surface area is 133 Å². The highest BCUT2D eigenvalue weighted by molar-refractivity contribution is 7.17. The van der Waals surface area contributed by atoms with Crippen LogP contribution in [0.15, 0.2) is 35.3 Å². The van der Waals surface area contributed by atoms with Crippen LogP contribution in [0.25, 0.3) is 4.96 Å². The number of hydrogen-bond acceptors (Lipinski definition) is 5. The van der Waals surface area contributed by atoms with Crippen molar-refractivity contribution in [2.45, 2.75) is 13.5 Å². The molecule has 6 nitrogen and oxygen atoms in total. The lowest BCUT2D eigenvalue weighted by Gasteiger charge is -2.06. The molecule has 0 radical (unpaired) electrons. The number of carbonyl (C=O) groups is 1. The van der Waals surface area contributed by atoms with Crippen LogP contribution < -0.4 is 10.3 Å². The average molecular weight is 334 g/mol. The van der Waals surface area contributed by atoms with Crippen LogP contribution in [-0.4, -0.2) is 20.5 Å². The van der Waals surface area contributed by atoms with Crippen molar-refractivity contribution in [1.82, 2.24) is 9.38 Å². The molecule has 0 amide bonds. The molecule has 1 N–H and O–H groups in total. The predicted octanol–water partition coefficient (Wildman–Crippen LogP) is 2.48. The average Bonchev–Trinajstić information content (AvgIpc) is 2.85. The summed E-state index contributed by atoms with van der Waals surface area (Å²) in [6.45, 7) is 1.53. The van der Waals surface area contributed by atoms with Gasteiger partial charge < -0.3 is 9.84 Å². The number of carboxylic acids is 1. The minimum absolute atomic E-state index is 0.0889. The molecule has 0 bridgehead atoms. The minimum atomic E-state index is -1.19. The first-order chi connectivity index (χ1) is 11.0. The van der Waals surface area contributed by atoms with Crippen LogP contribution in [0.2, 0.25) is 0 Å². The van der Waals surface area contributed by atoms with Gasteiger partial charge in [0.05, 0.1) is 5.56 Å². The Morgan fingerprint density at radius 2 is 2.09 bits per heavy atom. The normalized spacial score (nSPS) is 10.9. The lowest BCUT2D eigenvalue weighted by molar-refractivity contribution is 0.0688. The molecule has 0 fully saturated rings. The van der Waals surface area contributed by atoms with E-state index in [1.165, 1.54) is 30.5 Å². The van der Waals surface area contributed by atoms with E-state index < -0.39 is 11.5 Å². The maximum Gasteiger partial charge on any atom is 0.354 e. The van der Waals surface area contributed by atoms with Gasteiger partial charge in [0.15, 0.2) is 4.96 Å². The third kappa shape index (κ3) is 2.80. The standard InChI is InChI=1S/C15H11FN2O4S/c1-8-12(14(20)21)18-13(19)9(6-17-15(18)23-8)7-22-11-4-2-10(16)3-5-11/h2-6H,7H2,1H3,(H,20,21). The van der Waals surface area contributed by atoms with Crippen LogP contribution in [0, 0.1) is 12.7 Å². The highest BCUT2D eigenvalue weighted by Gasteiger charge is 2.19. The van der Waals surface area contributed by atoms with E-state index in [1.807, 2.05) is 0 Å². The number of benzene rings is 1. The van der Waals surface area contributed by atoms with Crippen LogP contribution >= 0.6 is 11.3 Å². The predicted molar refractivity (Wildman–Crippen MR) is 81.8 cm³/mol. The fourth-order valence-corrected chi connectivity index (χ4v) is 3.05. The maximum absolute atomic E-state index is 12.8. The fourth-order valence-electron chi connectivity index (χ4n) is 2.13. The Balaban J connectivity index is 1.97. The van der Waals surface area contributed by atoms with E-state index in [0.29, 0.717) is 15.6 Å². The molecule has 3 rings (SSSR count). The topological polar surface area (TPSA) is 80.9 Å². The molecule has 0 aliphatic carbocycles. The van der Waals surface area contributed by atoms with Gasteiger partial charge in [0, 0.05) is 11.1 Å². The van der Waals surface area contributed by atoms with E-state index in [9.17, 15) is 19.1 Å². The van der Waals surface area contributed by atoms with Crippen LogP contribution in [0.3, 0.4) is 0 Å². The molecule has 0 saturated heterocycles. The van der Waals surface area contributed by atoms with Crippen LogP contribution in [-0.2, 0) is 6.61 Å². The van der Waals surface area contributed by atoms with Gasteiger partial charge >= 0.3 is 5.97 Å². The SMILES string of the molecule is Cc1sc2ncc(COc3ccc(F)cc3)c(=O)n2c1C(=O)O. The number of fused-ring (bicyclic) bond motifs is 1. The van der Waals surface area contributed by atoms with Crippen molar-refractivity contribution >= 4 is 22.3 Å². The first-order valence-corrected chi connectivity index (χ1v) is 7.40.